The lowest BCUT2D eigenvalue weighted by Gasteiger charge is -2.19. The van der Waals surface area contributed by atoms with Crippen LogP contribution in [0.4, 0.5) is 5.69 Å². The lowest BCUT2D eigenvalue weighted by atomic mass is 10.2. The molecule has 3 rings (SSSR count). The summed E-state index contributed by atoms with van der Waals surface area (Å²) in [4.78, 5) is 31.2. The number of thioether (sulfide) groups is 1. The van der Waals surface area contributed by atoms with Crippen LogP contribution in [-0.4, -0.2) is 43.1 Å². The van der Waals surface area contributed by atoms with E-state index >= 15 is 0 Å². The summed E-state index contributed by atoms with van der Waals surface area (Å²) in [5, 5.41) is 0.781. The SMILES string of the molecule is COc1ccc(/C=C2/N=C(SCC(=O)OC(C)C)N(c3ccc(Cl)c(OC)c3)C2=O)cc1. The van der Waals surface area contributed by atoms with Crippen molar-refractivity contribution in [1.29, 1.82) is 0 Å². The summed E-state index contributed by atoms with van der Waals surface area (Å²) in [5.74, 6) is 0.434. The summed E-state index contributed by atoms with van der Waals surface area (Å²) in [6, 6.07) is 12.2. The van der Waals surface area contributed by atoms with Crippen LogP contribution < -0.4 is 14.4 Å². The van der Waals surface area contributed by atoms with E-state index in [-0.39, 0.29) is 29.4 Å². The third kappa shape index (κ3) is 5.63. The number of amides is 1. The summed E-state index contributed by atoms with van der Waals surface area (Å²) < 4.78 is 15.6. The number of amidine groups is 1. The summed E-state index contributed by atoms with van der Waals surface area (Å²) in [6.45, 7) is 3.56. The number of carbonyl (C=O) groups is 2. The molecule has 2 aromatic rings. The molecule has 0 unspecified atom stereocenters. The number of halogens is 1. The minimum atomic E-state index is -0.388. The van der Waals surface area contributed by atoms with E-state index in [1.807, 2.05) is 12.1 Å². The van der Waals surface area contributed by atoms with Gasteiger partial charge in [-0.15, -0.1) is 0 Å². The third-order valence-electron chi connectivity index (χ3n) is 4.33. The van der Waals surface area contributed by atoms with Gasteiger partial charge < -0.3 is 14.2 Å². The molecule has 0 fully saturated rings. The van der Waals surface area contributed by atoms with Crippen molar-refractivity contribution in [3.8, 4) is 11.5 Å². The number of methoxy groups -OCH3 is 2. The summed E-state index contributed by atoms with van der Waals surface area (Å²) in [5.41, 5.74) is 1.55. The lowest BCUT2D eigenvalue weighted by molar-refractivity contribution is -0.144. The van der Waals surface area contributed by atoms with E-state index in [1.54, 1.807) is 57.4 Å². The van der Waals surface area contributed by atoms with E-state index in [9.17, 15) is 9.59 Å². The molecule has 0 aromatic heterocycles. The third-order valence-corrected chi connectivity index (χ3v) is 5.55. The first-order valence-corrected chi connectivity index (χ1v) is 11.1. The highest BCUT2D eigenvalue weighted by atomic mass is 35.5. The van der Waals surface area contributed by atoms with Crippen molar-refractivity contribution >= 4 is 52.2 Å². The number of benzene rings is 2. The average molecular weight is 475 g/mol. The molecular formula is C23H23ClN2O5S. The Labute approximate surface area is 196 Å². The minimum absolute atomic E-state index is 0.0152. The predicted octanol–water partition coefficient (Wildman–Crippen LogP) is 4.79. The van der Waals surface area contributed by atoms with Crippen molar-refractivity contribution in [2.24, 2.45) is 4.99 Å². The molecule has 2 aromatic carbocycles. The first-order chi connectivity index (χ1) is 15.3. The molecule has 1 aliphatic rings. The zero-order valence-corrected chi connectivity index (χ0v) is 19.7. The second-order valence-corrected chi connectivity index (χ2v) is 8.33. The number of ether oxygens (including phenoxy) is 3. The Bertz CT molecular complexity index is 1070. The molecule has 0 radical (unpaired) electrons. The number of carbonyl (C=O) groups excluding carboxylic acids is 2. The van der Waals surface area contributed by atoms with E-state index < -0.39 is 0 Å². The zero-order chi connectivity index (χ0) is 23.3. The van der Waals surface area contributed by atoms with Crippen LogP contribution in [0, 0.1) is 0 Å². The molecular weight excluding hydrogens is 452 g/mol. The van der Waals surface area contributed by atoms with E-state index in [2.05, 4.69) is 4.99 Å². The Balaban J connectivity index is 1.94. The minimum Gasteiger partial charge on any atom is -0.497 e. The molecule has 1 heterocycles. The first-order valence-electron chi connectivity index (χ1n) is 9.77. The van der Waals surface area contributed by atoms with Crippen LogP contribution in [0.2, 0.25) is 5.02 Å². The fourth-order valence-electron chi connectivity index (χ4n) is 2.89. The maximum Gasteiger partial charge on any atom is 0.316 e. The van der Waals surface area contributed by atoms with Gasteiger partial charge in [0, 0.05) is 6.07 Å². The highest BCUT2D eigenvalue weighted by Gasteiger charge is 2.33. The Hall–Kier alpha value is -2.97. The van der Waals surface area contributed by atoms with E-state index in [0.29, 0.717) is 27.4 Å². The standard InChI is InChI=1S/C23H23ClN2O5S/c1-14(2)31-21(27)13-32-23-25-19(11-15-5-8-17(29-3)9-6-15)22(28)26(23)16-7-10-18(24)20(12-16)30-4/h5-12,14H,13H2,1-4H3/b19-11+. The van der Waals surface area contributed by atoms with Crippen molar-refractivity contribution in [2.45, 2.75) is 20.0 Å². The molecule has 7 nitrogen and oxygen atoms in total. The van der Waals surface area contributed by atoms with Crippen molar-refractivity contribution in [3.63, 3.8) is 0 Å². The number of aliphatic imine (C=N–C) groups is 1. The number of hydrogen-bond acceptors (Lipinski definition) is 7. The van der Waals surface area contributed by atoms with Crippen LogP contribution in [0.3, 0.4) is 0 Å². The Morgan fingerprint density at radius 1 is 1.16 bits per heavy atom. The lowest BCUT2D eigenvalue weighted by Crippen LogP contribution is -2.31. The predicted molar refractivity (Wildman–Crippen MR) is 128 cm³/mol. The number of hydrogen-bond donors (Lipinski definition) is 0. The Morgan fingerprint density at radius 2 is 1.88 bits per heavy atom. The van der Waals surface area contributed by atoms with Gasteiger partial charge >= 0.3 is 5.97 Å². The summed E-state index contributed by atoms with van der Waals surface area (Å²) >= 11 is 7.27. The maximum atomic E-state index is 13.3. The van der Waals surface area contributed by atoms with E-state index in [1.165, 1.54) is 12.0 Å². The van der Waals surface area contributed by atoms with Gasteiger partial charge in [0.1, 0.15) is 17.2 Å². The van der Waals surface area contributed by atoms with Crippen LogP contribution in [0.15, 0.2) is 53.2 Å². The van der Waals surface area contributed by atoms with Crippen LogP contribution in [0.5, 0.6) is 11.5 Å². The van der Waals surface area contributed by atoms with Gasteiger partial charge in [0.15, 0.2) is 5.17 Å². The molecule has 0 N–H and O–H groups in total. The normalized spacial score (nSPS) is 14.7. The summed E-state index contributed by atoms with van der Waals surface area (Å²) in [6.07, 6.45) is 1.46. The van der Waals surface area contributed by atoms with Crippen LogP contribution in [-0.2, 0) is 14.3 Å². The molecule has 0 spiro atoms. The first kappa shape index (κ1) is 23.7. The van der Waals surface area contributed by atoms with Gasteiger partial charge in [0.2, 0.25) is 0 Å². The van der Waals surface area contributed by atoms with Crippen molar-refractivity contribution in [2.75, 3.05) is 24.9 Å². The van der Waals surface area contributed by atoms with E-state index in [4.69, 9.17) is 25.8 Å². The monoisotopic (exact) mass is 474 g/mol. The van der Waals surface area contributed by atoms with Gasteiger partial charge in [0.05, 0.1) is 36.8 Å². The molecule has 1 aliphatic heterocycles. The highest BCUT2D eigenvalue weighted by molar-refractivity contribution is 8.14. The Kier molecular flexibility index (Phi) is 7.82. The van der Waals surface area contributed by atoms with Crippen molar-refractivity contribution < 1.29 is 23.8 Å². The highest BCUT2D eigenvalue weighted by Crippen LogP contribution is 2.34. The van der Waals surface area contributed by atoms with Crippen molar-refractivity contribution in [3.05, 3.63) is 58.7 Å². The van der Waals surface area contributed by atoms with Gasteiger partial charge in [-0.05, 0) is 49.8 Å². The van der Waals surface area contributed by atoms with Gasteiger partial charge in [-0.25, -0.2) is 4.99 Å². The molecule has 0 atom stereocenters. The number of nitrogens with zero attached hydrogens (tertiary/aromatic N) is 2. The van der Waals surface area contributed by atoms with Gasteiger partial charge in [-0.1, -0.05) is 35.5 Å². The largest absolute Gasteiger partial charge is 0.497 e. The smallest absolute Gasteiger partial charge is 0.316 e. The number of anilines is 1. The molecule has 0 saturated heterocycles. The summed E-state index contributed by atoms with van der Waals surface area (Å²) in [7, 11) is 3.09. The second-order valence-electron chi connectivity index (χ2n) is 6.98. The Morgan fingerprint density at radius 3 is 2.50 bits per heavy atom. The molecule has 168 valence electrons. The van der Waals surface area contributed by atoms with Gasteiger partial charge in [-0.2, -0.15) is 0 Å². The fourth-order valence-corrected chi connectivity index (χ4v) is 3.88. The quantitative estimate of drug-likeness (QED) is 0.424. The zero-order valence-electron chi connectivity index (χ0n) is 18.1. The molecule has 1 amide bonds. The number of esters is 1. The molecule has 32 heavy (non-hydrogen) atoms. The van der Waals surface area contributed by atoms with Crippen molar-refractivity contribution in [1.82, 2.24) is 0 Å². The second kappa shape index (κ2) is 10.6. The topological polar surface area (TPSA) is 77.4 Å². The van der Waals surface area contributed by atoms with Gasteiger partial charge in [-0.3, -0.25) is 14.5 Å². The van der Waals surface area contributed by atoms with Crippen LogP contribution in [0.25, 0.3) is 6.08 Å². The van der Waals surface area contributed by atoms with Gasteiger partial charge in [0.25, 0.3) is 5.91 Å². The number of rotatable bonds is 7. The molecule has 9 heteroatoms. The van der Waals surface area contributed by atoms with E-state index in [0.717, 1.165) is 17.3 Å². The molecule has 0 saturated carbocycles. The maximum absolute atomic E-state index is 13.3. The molecule has 0 bridgehead atoms. The molecule has 0 aliphatic carbocycles. The van der Waals surface area contributed by atoms with Crippen LogP contribution >= 0.6 is 23.4 Å². The fraction of sp³-hybridized carbons (Fsp3) is 0.261. The average Bonchev–Trinajstić information content (AvgIpc) is 3.08. The van der Waals surface area contributed by atoms with Crippen LogP contribution in [0.1, 0.15) is 19.4 Å².